The maximum absolute atomic E-state index is 5.75. The average Bonchev–Trinajstić information content (AvgIpc) is 2.88. The van der Waals surface area contributed by atoms with Crippen LogP contribution in [0.5, 0.6) is 0 Å². The predicted octanol–water partition coefficient (Wildman–Crippen LogP) is 3.82. The molecule has 0 amide bonds. The van der Waals surface area contributed by atoms with Crippen molar-refractivity contribution < 1.29 is 0 Å². The highest BCUT2D eigenvalue weighted by Crippen LogP contribution is 2.07. The van der Waals surface area contributed by atoms with Gasteiger partial charge >= 0.3 is 0 Å². The van der Waals surface area contributed by atoms with E-state index in [1.54, 1.807) is 11.3 Å². The summed E-state index contributed by atoms with van der Waals surface area (Å²) in [5.41, 5.74) is 3.90. The molecule has 0 saturated carbocycles. The number of hydrogen-bond acceptors (Lipinski definition) is 2. The molecule has 17 heavy (non-hydrogen) atoms. The summed E-state index contributed by atoms with van der Waals surface area (Å²) in [5.74, 6) is 0.589. The molecule has 0 aliphatic heterocycles. The van der Waals surface area contributed by atoms with E-state index in [4.69, 9.17) is 11.6 Å². The molecule has 90 valence electrons. The van der Waals surface area contributed by atoms with Gasteiger partial charge in [-0.1, -0.05) is 24.3 Å². The fourth-order valence-electron chi connectivity index (χ4n) is 1.65. The fourth-order valence-corrected chi connectivity index (χ4v) is 2.53. The molecular formula is C14H16ClNS. The third-order valence-corrected chi connectivity index (χ3v) is 3.72. The number of nitrogens with one attached hydrogen (secondary N) is 1. The van der Waals surface area contributed by atoms with E-state index in [1.807, 2.05) is 0 Å². The minimum atomic E-state index is 0.589. The molecule has 1 heterocycles. The standard InChI is InChI=1S/C14H16ClNS/c15-9-12-1-3-13(4-2-12)10-16-7-5-14-6-8-17-11-14/h1-4,6,8,11,16H,5,7,9-10H2. The topological polar surface area (TPSA) is 12.0 Å². The Morgan fingerprint density at radius 2 is 1.76 bits per heavy atom. The minimum absolute atomic E-state index is 0.589. The Labute approximate surface area is 111 Å². The largest absolute Gasteiger partial charge is 0.312 e. The zero-order valence-corrected chi connectivity index (χ0v) is 11.2. The van der Waals surface area contributed by atoms with E-state index >= 15 is 0 Å². The van der Waals surface area contributed by atoms with Crippen LogP contribution >= 0.6 is 22.9 Å². The van der Waals surface area contributed by atoms with Gasteiger partial charge in [-0.05, 0) is 46.5 Å². The summed E-state index contributed by atoms with van der Waals surface area (Å²) in [6.07, 6.45) is 1.10. The number of rotatable bonds is 6. The Morgan fingerprint density at radius 3 is 2.41 bits per heavy atom. The summed E-state index contributed by atoms with van der Waals surface area (Å²) in [6.45, 7) is 1.95. The monoisotopic (exact) mass is 265 g/mol. The molecular weight excluding hydrogens is 250 g/mol. The Bertz CT molecular complexity index is 422. The highest BCUT2D eigenvalue weighted by molar-refractivity contribution is 7.07. The van der Waals surface area contributed by atoms with Crippen LogP contribution < -0.4 is 5.32 Å². The van der Waals surface area contributed by atoms with Gasteiger partial charge in [0.15, 0.2) is 0 Å². The fraction of sp³-hybridized carbons (Fsp3) is 0.286. The maximum Gasteiger partial charge on any atom is 0.0474 e. The zero-order valence-electron chi connectivity index (χ0n) is 9.66. The highest BCUT2D eigenvalue weighted by Gasteiger charge is 1.95. The van der Waals surface area contributed by atoms with Crippen LogP contribution in [0.2, 0.25) is 0 Å². The highest BCUT2D eigenvalue weighted by atomic mass is 35.5. The SMILES string of the molecule is ClCc1ccc(CNCCc2ccsc2)cc1. The van der Waals surface area contributed by atoms with Gasteiger partial charge in [0.1, 0.15) is 0 Å². The van der Waals surface area contributed by atoms with Crippen molar-refractivity contribution in [3.63, 3.8) is 0 Å². The van der Waals surface area contributed by atoms with Crippen molar-refractivity contribution in [2.75, 3.05) is 6.54 Å². The zero-order chi connectivity index (χ0) is 11.9. The second-order valence-corrected chi connectivity index (χ2v) is 5.06. The first-order valence-corrected chi connectivity index (χ1v) is 7.22. The molecule has 2 aromatic rings. The van der Waals surface area contributed by atoms with Crippen molar-refractivity contribution in [1.29, 1.82) is 0 Å². The van der Waals surface area contributed by atoms with Gasteiger partial charge in [0.25, 0.3) is 0 Å². The van der Waals surface area contributed by atoms with Crippen LogP contribution in [-0.4, -0.2) is 6.54 Å². The molecule has 0 bridgehead atoms. The predicted molar refractivity (Wildman–Crippen MR) is 75.7 cm³/mol. The van der Waals surface area contributed by atoms with Crippen LogP contribution in [0.25, 0.3) is 0 Å². The Morgan fingerprint density at radius 1 is 1.00 bits per heavy atom. The molecule has 0 fully saturated rings. The van der Waals surface area contributed by atoms with Crippen LogP contribution in [0.15, 0.2) is 41.1 Å². The number of thiophene rings is 1. The van der Waals surface area contributed by atoms with Gasteiger partial charge in [-0.3, -0.25) is 0 Å². The van der Waals surface area contributed by atoms with E-state index in [0.717, 1.165) is 19.5 Å². The van der Waals surface area contributed by atoms with Crippen molar-refractivity contribution in [3.8, 4) is 0 Å². The Balaban J connectivity index is 1.70. The summed E-state index contributed by atoms with van der Waals surface area (Å²) >= 11 is 7.51. The lowest BCUT2D eigenvalue weighted by atomic mass is 10.1. The molecule has 0 aliphatic carbocycles. The second-order valence-electron chi connectivity index (χ2n) is 4.01. The molecule has 0 radical (unpaired) electrons. The average molecular weight is 266 g/mol. The molecule has 0 unspecified atom stereocenters. The van der Waals surface area contributed by atoms with E-state index in [-0.39, 0.29) is 0 Å². The van der Waals surface area contributed by atoms with Gasteiger partial charge in [0.05, 0.1) is 0 Å². The van der Waals surface area contributed by atoms with Crippen molar-refractivity contribution in [2.24, 2.45) is 0 Å². The van der Waals surface area contributed by atoms with Gasteiger partial charge in [0, 0.05) is 12.4 Å². The van der Waals surface area contributed by atoms with E-state index in [2.05, 4.69) is 46.4 Å². The minimum Gasteiger partial charge on any atom is -0.312 e. The normalized spacial score (nSPS) is 10.6. The maximum atomic E-state index is 5.75. The van der Waals surface area contributed by atoms with Crippen molar-refractivity contribution in [2.45, 2.75) is 18.8 Å². The third-order valence-electron chi connectivity index (χ3n) is 2.68. The summed E-state index contributed by atoms with van der Waals surface area (Å²) < 4.78 is 0. The molecule has 1 aromatic heterocycles. The summed E-state index contributed by atoms with van der Waals surface area (Å²) in [4.78, 5) is 0. The smallest absolute Gasteiger partial charge is 0.0474 e. The van der Waals surface area contributed by atoms with Crippen LogP contribution in [0.1, 0.15) is 16.7 Å². The molecule has 0 atom stereocenters. The first-order valence-electron chi connectivity index (χ1n) is 5.74. The number of alkyl halides is 1. The summed E-state index contributed by atoms with van der Waals surface area (Å²) in [6, 6.07) is 10.6. The van der Waals surface area contributed by atoms with E-state index in [0.29, 0.717) is 5.88 Å². The molecule has 0 spiro atoms. The van der Waals surface area contributed by atoms with E-state index < -0.39 is 0 Å². The molecule has 1 nitrogen and oxygen atoms in total. The van der Waals surface area contributed by atoms with Crippen LogP contribution in [0.3, 0.4) is 0 Å². The lowest BCUT2D eigenvalue weighted by Crippen LogP contribution is -2.16. The lowest BCUT2D eigenvalue weighted by Gasteiger charge is -2.04. The molecule has 0 saturated heterocycles. The van der Waals surface area contributed by atoms with Gasteiger partial charge in [-0.25, -0.2) is 0 Å². The van der Waals surface area contributed by atoms with Gasteiger partial charge in [-0.15, -0.1) is 11.6 Å². The summed E-state index contributed by atoms with van der Waals surface area (Å²) in [7, 11) is 0. The van der Waals surface area contributed by atoms with E-state index in [9.17, 15) is 0 Å². The first-order chi connectivity index (χ1) is 8.38. The number of benzene rings is 1. The van der Waals surface area contributed by atoms with Gasteiger partial charge < -0.3 is 5.32 Å². The quantitative estimate of drug-likeness (QED) is 0.619. The molecule has 1 N–H and O–H groups in total. The van der Waals surface area contributed by atoms with Crippen molar-refractivity contribution >= 4 is 22.9 Å². The Kier molecular flexibility index (Phi) is 5.05. The van der Waals surface area contributed by atoms with Gasteiger partial charge in [-0.2, -0.15) is 11.3 Å². The van der Waals surface area contributed by atoms with Crippen molar-refractivity contribution in [1.82, 2.24) is 5.32 Å². The van der Waals surface area contributed by atoms with Crippen LogP contribution in [0, 0.1) is 0 Å². The molecule has 2 rings (SSSR count). The van der Waals surface area contributed by atoms with Crippen molar-refractivity contribution in [3.05, 3.63) is 57.8 Å². The Hall–Kier alpha value is -0.830. The van der Waals surface area contributed by atoms with Gasteiger partial charge in [0.2, 0.25) is 0 Å². The van der Waals surface area contributed by atoms with Crippen LogP contribution in [0.4, 0.5) is 0 Å². The second kappa shape index (κ2) is 6.80. The molecule has 3 heteroatoms. The molecule has 1 aromatic carbocycles. The third kappa shape index (κ3) is 4.15. The summed E-state index contributed by atoms with van der Waals surface area (Å²) in [5, 5.41) is 7.78. The number of halogens is 1. The first kappa shape index (κ1) is 12.6. The lowest BCUT2D eigenvalue weighted by molar-refractivity contribution is 0.687. The number of hydrogen-bond donors (Lipinski definition) is 1. The molecule has 0 aliphatic rings. The van der Waals surface area contributed by atoms with Crippen LogP contribution in [-0.2, 0) is 18.8 Å². The van der Waals surface area contributed by atoms with E-state index in [1.165, 1.54) is 16.7 Å².